The lowest BCUT2D eigenvalue weighted by Crippen LogP contribution is -2.18. The van der Waals surface area contributed by atoms with Crippen molar-refractivity contribution in [1.82, 2.24) is 14.5 Å². The minimum atomic E-state index is 0.706. The third kappa shape index (κ3) is 2.71. The van der Waals surface area contributed by atoms with Crippen LogP contribution in [0.3, 0.4) is 0 Å². The fraction of sp³-hybridized carbons (Fsp3) is 0.250. The van der Waals surface area contributed by atoms with Crippen molar-refractivity contribution in [3.8, 4) is 5.75 Å². The van der Waals surface area contributed by atoms with Crippen LogP contribution < -0.4 is 4.74 Å². The molecule has 0 spiro atoms. The molecule has 0 radical (unpaired) electrons. The molecular weight excluding hydrogens is 334 g/mol. The van der Waals surface area contributed by atoms with Crippen LogP contribution in [-0.2, 0) is 6.54 Å². The van der Waals surface area contributed by atoms with Crippen LogP contribution in [0, 0.1) is 0 Å². The van der Waals surface area contributed by atoms with Gasteiger partial charge in [0.25, 0.3) is 0 Å². The summed E-state index contributed by atoms with van der Waals surface area (Å²) in [6.07, 6.45) is 1.95. The molecule has 0 fully saturated rings. The van der Waals surface area contributed by atoms with E-state index < -0.39 is 0 Å². The highest BCUT2D eigenvalue weighted by Crippen LogP contribution is 2.35. The first-order valence-electron chi connectivity index (χ1n) is 8.27. The van der Waals surface area contributed by atoms with Gasteiger partial charge in [-0.25, -0.2) is 0 Å². The molecule has 128 valence electrons. The average Bonchev–Trinajstić information content (AvgIpc) is 2.92. The first-order chi connectivity index (χ1) is 12.1. The Bertz CT molecular complexity index is 1080. The fourth-order valence-corrected chi connectivity index (χ4v) is 3.55. The molecule has 0 bridgehead atoms. The molecule has 5 heteroatoms. The Balaban J connectivity index is 2.10. The molecule has 2 heterocycles. The highest BCUT2D eigenvalue weighted by molar-refractivity contribution is 6.31. The van der Waals surface area contributed by atoms with Gasteiger partial charge in [-0.3, -0.25) is 4.98 Å². The van der Waals surface area contributed by atoms with Gasteiger partial charge < -0.3 is 14.2 Å². The summed E-state index contributed by atoms with van der Waals surface area (Å²) >= 11 is 6.16. The van der Waals surface area contributed by atoms with E-state index in [2.05, 4.69) is 46.7 Å². The second-order valence-corrected chi connectivity index (χ2v) is 6.96. The molecule has 2 aromatic heterocycles. The second-order valence-electron chi connectivity index (χ2n) is 6.52. The van der Waals surface area contributed by atoms with Crippen molar-refractivity contribution < 1.29 is 4.74 Å². The number of likely N-dealkylation sites (N-methyl/N-ethyl adjacent to an activating group) is 1. The number of halogens is 1. The molecule has 4 nitrogen and oxygen atoms in total. The predicted octanol–water partition coefficient (Wildman–Crippen LogP) is 4.57. The summed E-state index contributed by atoms with van der Waals surface area (Å²) in [5.41, 5.74) is 3.31. The summed E-state index contributed by atoms with van der Waals surface area (Å²) in [4.78, 5) is 6.83. The zero-order chi connectivity index (χ0) is 17.6. The van der Waals surface area contributed by atoms with Crippen molar-refractivity contribution in [2.45, 2.75) is 6.54 Å². The van der Waals surface area contributed by atoms with Crippen molar-refractivity contribution in [3.63, 3.8) is 0 Å². The first kappa shape index (κ1) is 16.2. The smallest absolute Gasteiger partial charge is 0.119 e. The van der Waals surface area contributed by atoms with E-state index in [0.717, 1.165) is 40.5 Å². The number of aromatic nitrogens is 2. The maximum atomic E-state index is 6.16. The summed E-state index contributed by atoms with van der Waals surface area (Å²) in [6, 6.07) is 12.2. The van der Waals surface area contributed by atoms with E-state index in [-0.39, 0.29) is 0 Å². The molecule has 0 aliphatic rings. The number of nitrogens with zero attached hydrogens (tertiary/aromatic N) is 3. The minimum Gasteiger partial charge on any atom is -0.497 e. The van der Waals surface area contributed by atoms with E-state index in [9.17, 15) is 0 Å². The van der Waals surface area contributed by atoms with Gasteiger partial charge in [0, 0.05) is 46.0 Å². The molecule has 0 N–H and O–H groups in total. The van der Waals surface area contributed by atoms with E-state index >= 15 is 0 Å². The van der Waals surface area contributed by atoms with Gasteiger partial charge >= 0.3 is 0 Å². The summed E-state index contributed by atoms with van der Waals surface area (Å²) in [5.74, 6) is 0.857. The zero-order valence-electron chi connectivity index (χ0n) is 14.6. The summed E-state index contributed by atoms with van der Waals surface area (Å²) in [6.45, 7) is 1.86. The van der Waals surface area contributed by atoms with Gasteiger partial charge in [-0.05, 0) is 50.5 Å². The largest absolute Gasteiger partial charge is 0.497 e. The fourth-order valence-electron chi connectivity index (χ4n) is 3.39. The number of rotatable bonds is 4. The Morgan fingerprint density at radius 2 is 1.92 bits per heavy atom. The number of pyridine rings is 1. The topological polar surface area (TPSA) is 30.3 Å². The zero-order valence-corrected chi connectivity index (χ0v) is 15.3. The Hall–Kier alpha value is -2.30. The van der Waals surface area contributed by atoms with Crippen LogP contribution in [0.25, 0.3) is 32.7 Å². The quantitative estimate of drug-likeness (QED) is 0.538. The van der Waals surface area contributed by atoms with Gasteiger partial charge in [-0.1, -0.05) is 11.6 Å². The van der Waals surface area contributed by atoms with Crippen molar-refractivity contribution in [2.75, 3.05) is 27.7 Å². The first-order valence-corrected chi connectivity index (χ1v) is 8.65. The third-order valence-electron chi connectivity index (χ3n) is 4.63. The molecule has 2 aromatic carbocycles. The van der Waals surface area contributed by atoms with E-state index in [4.69, 9.17) is 16.3 Å². The highest BCUT2D eigenvalue weighted by atomic mass is 35.5. The van der Waals surface area contributed by atoms with Gasteiger partial charge in [-0.15, -0.1) is 0 Å². The summed E-state index contributed by atoms with van der Waals surface area (Å²) in [7, 11) is 5.88. The van der Waals surface area contributed by atoms with E-state index in [0.29, 0.717) is 5.02 Å². The Kier molecular flexibility index (Phi) is 4.02. The average molecular weight is 354 g/mol. The number of hydrogen-bond acceptors (Lipinski definition) is 3. The van der Waals surface area contributed by atoms with Crippen LogP contribution >= 0.6 is 11.6 Å². The summed E-state index contributed by atoms with van der Waals surface area (Å²) in [5, 5.41) is 4.13. The SMILES string of the molecule is COc1ccc2c(c1)c1cnc3cc(Cl)ccc3c1n2CCN(C)C. The van der Waals surface area contributed by atoms with Crippen molar-refractivity contribution in [1.29, 1.82) is 0 Å². The minimum absolute atomic E-state index is 0.706. The second kappa shape index (κ2) is 6.21. The maximum absolute atomic E-state index is 6.16. The predicted molar refractivity (Wildman–Crippen MR) is 105 cm³/mol. The van der Waals surface area contributed by atoms with E-state index in [1.807, 2.05) is 24.4 Å². The third-order valence-corrected chi connectivity index (χ3v) is 4.86. The Morgan fingerprint density at radius 1 is 1.08 bits per heavy atom. The molecular formula is C20H20ClN3O. The number of hydrogen-bond donors (Lipinski definition) is 0. The lowest BCUT2D eigenvalue weighted by molar-refractivity contribution is 0.389. The van der Waals surface area contributed by atoms with E-state index in [1.54, 1.807) is 7.11 Å². The Morgan fingerprint density at radius 3 is 2.68 bits per heavy atom. The molecule has 0 aliphatic heterocycles. The van der Waals surface area contributed by atoms with Gasteiger partial charge in [0.1, 0.15) is 5.75 Å². The van der Waals surface area contributed by atoms with Gasteiger partial charge in [-0.2, -0.15) is 0 Å². The number of benzene rings is 2. The standard InChI is InChI=1S/C20H20ClN3O/c1-23(2)8-9-24-19-7-5-14(25-3)11-16(19)17-12-22-18-10-13(21)4-6-15(18)20(17)24/h4-7,10-12H,8-9H2,1-3H3. The van der Waals surface area contributed by atoms with Gasteiger partial charge in [0.15, 0.2) is 0 Å². The summed E-state index contributed by atoms with van der Waals surface area (Å²) < 4.78 is 7.80. The number of methoxy groups -OCH3 is 1. The van der Waals surface area contributed by atoms with Crippen LogP contribution in [0.1, 0.15) is 0 Å². The van der Waals surface area contributed by atoms with Crippen molar-refractivity contribution >= 4 is 44.3 Å². The number of ether oxygens (including phenoxy) is 1. The lowest BCUT2D eigenvalue weighted by Gasteiger charge is -2.13. The van der Waals surface area contributed by atoms with Crippen LogP contribution in [-0.4, -0.2) is 42.2 Å². The van der Waals surface area contributed by atoms with Crippen molar-refractivity contribution in [2.24, 2.45) is 0 Å². The Labute approximate surface area is 151 Å². The molecule has 0 amide bonds. The molecule has 0 saturated carbocycles. The van der Waals surface area contributed by atoms with E-state index in [1.165, 1.54) is 11.0 Å². The van der Waals surface area contributed by atoms with Crippen LogP contribution in [0.4, 0.5) is 0 Å². The molecule has 0 atom stereocenters. The number of fused-ring (bicyclic) bond motifs is 5. The lowest BCUT2D eigenvalue weighted by atomic mass is 10.1. The van der Waals surface area contributed by atoms with Crippen LogP contribution in [0.2, 0.25) is 5.02 Å². The maximum Gasteiger partial charge on any atom is 0.119 e. The molecule has 25 heavy (non-hydrogen) atoms. The molecule has 4 rings (SSSR count). The monoisotopic (exact) mass is 353 g/mol. The molecule has 0 unspecified atom stereocenters. The normalized spacial score (nSPS) is 11.9. The molecule has 0 saturated heterocycles. The molecule has 4 aromatic rings. The van der Waals surface area contributed by atoms with Gasteiger partial charge in [0.2, 0.25) is 0 Å². The van der Waals surface area contributed by atoms with Crippen LogP contribution in [0.5, 0.6) is 5.75 Å². The van der Waals surface area contributed by atoms with Crippen LogP contribution in [0.15, 0.2) is 42.6 Å². The van der Waals surface area contributed by atoms with Gasteiger partial charge in [0.05, 0.1) is 18.1 Å². The van der Waals surface area contributed by atoms with Crippen molar-refractivity contribution in [3.05, 3.63) is 47.6 Å². The molecule has 0 aliphatic carbocycles. The highest BCUT2D eigenvalue weighted by Gasteiger charge is 2.15.